The SMILES string of the molecule is CCCCNc1nc(N2CCNCC2)nc2c1CCCC2. The third kappa shape index (κ3) is 3.46. The van der Waals surface area contributed by atoms with Crippen LogP contribution in [0.5, 0.6) is 0 Å². The maximum absolute atomic E-state index is 4.87. The van der Waals surface area contributed by atoms with E-state index < -0.39 is 0 Å². The topological polar surface area (TPSA) is 53.1 Å². The quantitative estimate of drug-likeness (QED) is 0.812. The highest BCUT2D eigenvalue weighted by Crippen LogP contribution is 2.27. The second-order valence-electron chi connectivity index (χ2n) is 6.02. The van der Waals surface area contributed by atoms with Gasteiger partial charge in [-0.1, -0.05) is 13.3 Å². The highest BCUT2D eigenvalue weighted by atomic mass is 15.3. The van der Waals surface area contributed by atoms with Gasteiger partial charge < -0.3 is 15.5 Å². The van der Waals surface area contributed by atoms with Gasteiger partial charge in [0, 0.05) is 38.3 Å². The molecule has 0 atom stereocenters. The first kappa shape index (κ1) is 14.6. The number of aryl methyl sites for hydroxylation is 1. The third-order valence-electron chi connectivity index (χ3n) is 4.39. The summed E-state index contributed by atoms with van der Waals surface area (Å²) in [7, 11) is 0. The zero-order chi connectivity index (χ0) is 14.5. The zero-order valence-corrected chi connectivity index (χ0v) is 13.1. The summed E-state index contributed by atoms with van der Waals surface area (Å²) in [6.07, 6.45) is 7.18. The summed E-state index contributed by atoms with van der Waals surface area (Å²) < 4.78 is 0. The van der Waals surface area contributed by atoms with Crippen LogP contribution in [0.15, 0.2) is 0 Å². The van der Waals surface area contributed by atoms with Crippen LogP contribution in [0.4, 0.5) is 11.8 Å². The molecule has 2 heterocycles. The molecule has 1 fully saturated rings. The molecular formula is C16H27N5. The average molecular weight is 289 g/mol. The van der Waals surface area contributed by atoms with Crippen molar-refractivity contribution in [1.29, 1.82) is 0 Å². The second-order valence-corrected chi connectivity index (χ2v) is 6.02. The van der Waals surface area contributed by atoms with E-state index in [0.717, 1.165) is 57.3 Å². The first-order chi connectivity index (χ1) is 10.4. The predicted octanol–water partition coefficient (Wildman–Crippen LogP) is 1.98. The number of piperazine rings is 1. The summed E-state index contributed by atoms with van der Waals surface area (Å²) in [4.78, 5) is 12.0. The largest absolute Gasteiger partial charge is 0.370 e. The van der Waals surface area contributed by atoms with E-state index in [9.17, 15) is 0 Å². The molecule has 0 amide bonds. The van der Waals surface area contributed by atoms with Gasteiger partial charge in [0.05, 0.1) is 5.69 Å². The van der Waals surface area contributed by atoms with Crippen LogP contribution in [0.3, 0.4) is 0 Å². The summed E-state index contributed by atoms with van der Waals surface area (Å²) in [5.41, 5.74) is 2.65. The molecule has 116 valence electrons. The fraction of sp³-hybridized carbons (Fsp3) is 0.750. The van der Waals surface area contributed by atoms with E-state index in [2.05, 4.69) is 22.5 Å². The van der Waals surface area contributed by atoms with Gasteiger partial charge in [-0.3, -0.25) is 0 Å². The number of fused-ring (bicyclic) bond motifs is 1. The van der Waals surface area contributed by atoms with Gasteiger partial charge in [0.25, 0.3) is 0 Å². The molecule has 1 aromatic heterocycles. The third-order valence-corrected chi connectivity index (χ3v) is 4.39. The summed E-state index contributed by atoms with van der Waals surface area (Å²) in [5, 5.41) is 6.95. The van der Waals surface area contributed by atoms with Gasteiger partial charge in [0.15, 0.2) is 0 Å². The van der Waals surface area contributed by atoms with Crippen molar-refractivity contribution >= 4 is 11.8 Å². The lowest BCUT2D eigenvalue weighted by Gasteiger charge is -2.29. The van der Waals surface area contributed by atoms with Crippen molar-refractivity contribution in [2.24, 2.45) is 0 Å². The van der Waals surface area contributed by atoms with Crippen LogP contribution in [0.1, 0.15) is 43.9 Å². The lowest BCUT2D eigenvalue weighted by molar-refractivity contribution is 0.575. The fourth-order valence-electron chi connectivity index (χ4n) is 3.12. The van der Waals surface area contributed by atoms with E-state index in [4.69, 9.17) is 9.97 Å². The molecule has 21 heavy (non-hydrogen) atoms. The number of rotatable bonds is 5. The molecular weight excluding hydrogens is 262 g/mol. The van der Waals surface area contributed by atoms with E-state index in [0.29, 0.717) is 0 Å². The Labute approximate surface area is 127 Å². The minimum absolute atomic E-state index is 0.927. The first-order valence-corrected chi connectivity index (χ1v) is 8.48. The smallest absolute Gasteiger partial charge is 0.227 e. The van der Waals surface area contributed by atoms with E-state index in [1.165, 1.54) is 36.9 Å². The highest BCUT2D eigenvalue weighted by Gasteiger charge is 2.21. The Hall–Kier alpha value is -1.36. The Morgan fingerprint density at radius 3 is 2.76 bits per heavy atom. The Kier molecular flexibility index (Phi) is 4.91. The number of hydrogen-bond donors (Lipinski definition) is 2. The van der Waals surface area contributed by atoms with Crippen molar-refractivity contribution in [3.05, 3.63) is 11.3 Å². The van der Waals surface area contributed by atoms with Gasteiger partial charge >= 0.3 is 0 Å². The minimum atomic E-state index is 0.927. The van der Waals surface area contributed by atoms with Crippen LogP contribution in [-0.2, 0) is 12.8 Å². The zero-order valence-electron chi connectivity index (χ0n) is 13.1. The molecule has 5 heteroatoms. The fourth-order valence-corrected chi connectivity index (χ4v) is 3.12. The second kappa shape index (κ2) is 7.07. The molecule has 5 nitrogen and oxygen atoms in total. The van der Waals surface area contributed by atoms with Gasteiger partial charge in [-0.05, 0) is 32.1 Å². The van der Waals surface area contributed by atoms with Crippen LogP contribution in [-0.4, -0.2) is 42.7 Å². The summed E-state index contributed by atoms with van der Waals surface area (Å²) in [5.74, 6) is 2.03. The van der Waals surface area contributed by atoms with Gasteiger partial charge in [-0.15, -0.1) is 0 Å². The maximum atomic E-state index is 4.87. The molecule has 0 aromatic carbocycles. The molecule has 0 saturated carbocycles. The number of anilines is 2. The van der Waals surface area contributed by atoms with E-state index >= 15 is 0 Å². The number of aromatic nitrogens is 2. The molecule has 2 N–H and O–H groups in total. The summed E-state index contributed by atoms with van der Waals surface area (Å²) >= 11 is 0. The van der Waals surface area contributed by atoms with Crippen LogP contribution in [0.25, 0.3) is 0 Å². The number of hydrogen-bond acceptors (Lipinski definition) is 5. The van der Waals surface area contributed by atoms with Gasteiger partial charge in [-0.25, -0.2) is 4.98 Å². The Morgan fingerprint density at radius 1 is 1.14 bits per heavy atom. The summed E-state index contributed by atoms with van der Waals surface area (Å²) in [6.45, 7) is 7.31. The average Bonchev–Trinajstić information content (AvgIpc) is 2.55. The van der Waals surface area contributed by atoms with Crippen molar-refractivity contribution in [1.82, 2.24) is 15.3 Å². The highest BCUT2D eigenvalue weighted by molar-refractivity contribution is 5.52. The monoisotopic (exact) mass is 289 g/mol. The number of nitrogens with zero attached hydrogens (tertiary/aromatic N) is 3. The van der Waals surface area contributed by atoms with Crippen molar-refractivity contribution < 1.29 is 0 Å². The van der Waals surface area contributed by atoms with Crippen LogP contribution < -0.4 is 15.5 Å². The molecule has 1 aliphatic heterocycles. The van der Waals surface area contributed by atoms with Gasteiger partial charge in [-0.2, -0.15) is 4.98 Å². The van der Waals surface area contributed by atoms with Crippen molar-refractivity contribution in [3.63, 3.8) is 0 Å². The Balaban J connectivity index is 1.84. The van der Waals surface area contributed by atoms with Crippen LogP contribution in [0.2, 0.25) is 0 Å². The Morgan fingerprint density at radius 2 is 1.95 bits per heavy atom. The maximum Gasteiger partial charge on any atom is 0.227 e. The predicted molar refractivity (Wildman–Crippen MR) is 87.2 cm³/mol. The standard InChI is InChI=1S/C16H27N5/c1-2-3-8-18-15-13-6-4-5-7-14(13)19-16(20-15)21-11-9-17-10-12-21/h17H,2-12H2,1H3,(H,18,19,20). The molecule has 1 aliphatic carbocycles. The van der Waals surface area contributed by atoms with E-state index in [-0.39, 0.29) is 0 Å². The van der Waals surface area contributed by atoms with Crippen molar-refractivity contribution in [2.45, 2.75) is 45.4 Å². The van der Waals surface area contributed by atoms with Crippen LogP contribution >= 0.6 is 0 Å². The minimum Gasteiger partial charge on any atom is -0.370 e. The summed E-state index contributed by atoms with van der Waals surface area (Å²) in [6, 6.07) is 0. The number of nitrogens with one attached hydrogen (secondary N) is 2. The molecule has 0 bridgehead atoms. The first-order valence-electron chi connectivity index (χ1n) is 8.48. The normalized spacial score (nSPS) is 18.4. The van der Waals surface area contributed by atoms with Gasteiger partial charge in [0.2, 0.25) is 5.95 Å². The molecule has 0 radical (unpaired) electrons. The molecule has 0 spiro atoms. The van der Waals surface area contributed by atoms with E-state index in [1.807, 2.05) is 0 Å². The van der Waals surface area contributed by atoms with Crippen LogP contribution in [0, 0.1) is 0 Å². The lowest BCUT2D eigenvalue weighted by Crippen LogP contribution is -2.44. The molecule has 3 rings (SSSR count). The van der Waals surface area contributed by atoms with Crippen molar-refractivity contribution in [3.8, 4) is 0 Å². The molecule has 0 unspecified atom stereocenters. The van der Waals surface area contributed by atoms with Crippen molar-refractivity contribution in [2.75, 3.05) is 42.9 Å². The number of unbranched alkanes of at least 4 members (excludes halogenated alkanes) is 1. The van der Waals surface area contributed by atoms with Gasteiger partial charge in [0.1, 0.15) is 5.82 Å². The molecule has 2 aliphatic rings. The Bertz CT molecular complexity index is 468. The lowest BCUT2D eigenvalue weighted by atomic mass is 9.96. The van der Waals surface area contributed by atoms with E-state index in [1.54, 1.807) is 0 Å². The molecule has 1 saturated heterocycles. The molecule has 1 aromatic rings.